The fourth-order valence-electron chi connectivity index (χ4n) is 3.70. The third-order valence-electron chi connectivity index (χ3n) is 5.18. The summed E-state index contributed by atoms with van der Waals surface area (Å²) in [7, 11) is 0. The van der Waals surface area contributed by atoms with E-state index in [4.69, 9.17) is 9.26 Å². The Labute approximate surface area is 192 Å². The maximum atomic E-state index is 13.4. The van der Waals surface area contributed by atoms with E-state index in [-0.39, 0.29) is 18.0 Å². The van der Waals surface area contributed by atoms with E-state index >= 15 is 0 Å². The summed E-state index contributed by atoms with van der Waals surface area (Å²) < 4.78 is 14.2. The highest BCUT2D eigenvalue weighted by Gasteiger charge is 2.18. The second-order valence-corrected chi connectivity index (χ2v) is 8.37. The highest BCUT2D eigenvalue weighted by molar-refractivity contribution is 7.17. The Morgan fingerprint density at radius 1 is 1.09 bits per heavy atom. The van der Waals surface area contributed by atoms with E-state index in [9.17, 15) is 9.59 Å². The van der Waals surface area contributed by atoms with Crippen LogP contribution >= 0.6 is 11.3 Å². The number of nitrogens with zero attached hydrogens (tertiary/aromatic N) is 4. The maximum absolute atomic E-state index is 13.4. The molecular formula is C24H20N4O4S. The third-order valence-corrected chi connectivity index (χ3v) is 6.07. The average molecular weight is 461 g/mol. The second-order valence-electron chi connectivity index (χ2n) is 7.46. The van der Waals surface area contributed by atoms with E-state index in [1.807, 2.05) is 56.3 Å². The topological polar surface area (TPSA) is 92.2 Å². The van der Waals surface area contributed by atoms with E-state index in [1.165, 1.54) is 20.5 Å². The molecule has 2 aromatic carbocycles. The molecular weight excluding hydrogens is 440 g/mol. The van der Waals surface area contributed by atoms with Gasteiger partial charge < -0.3 is 9.26 Å². The summed E-state index contributed by atoms with van der Waals surface area (Å²) in [5.74, 6) is 1.37. The first-order chi connectivity index (χ1) is 16.0. The van der Waals surface area contributed by atoms with E-state index < -0.39 is 5.69 Å². The molecule has 0 atom stereocenters. The number of aryl methyl sites for hydroxylation is 1. The van der Waals surface area contributed by atoms with E-state index in [1.54, 1.807) is 17.5 Å². The Morgan fingerprint density at radius 3 is 2.76 bits per heavy atom. The molecule has 0 N–H and O–H groups in total. The summed E-state index contributed by atoms with van der Waals surface area (Å²) >= 11 is 1.30. The molecule has 3 heterocycles. The SMILES string of the molecule is CCOc1cccc(-c2noc(Cn3c(=O)n(-c4cccc(C)c4)c(=O)c4sccc43)n2)c1. The van der Waals surface area contributed by atoms with E-state index in [2.05, 4.69) is 10.1 Å². The van der Waals surface area contributed by atoms with Gasteiger partial charge in [0.15, 0.2) is 0 Å². The summed E-state index contributed by atoms with van der Waals surface area (Å²) in [6, 6.07) is 16.4. The number of rotatable bonds is 6. The Balaban J connectivity index is 1.58. The lowest BCUT2D eigenvalue weighted by molar-refractivity contribution is 0.340. The van der Waals surface area contributed by atoms with Crippen LogP contribution in [-0.2, 0) is 6.54 Å². The number of benzene rings is 2. The minimum absolute atomic E-state index is 0.0380. The van der Waals surface area contributed by atoms with Gasteiger partial charge in [-0.1, -0.05) is 29.4 Å². The fraction of sp³-hybridized carbons (Fsp3) is 0.167. The molecule has 0 aliphatic heterocycles. The van der Waals surface area contributed by atoms with Crippen LogP contribution in [-0.4, -0.2) is 25.9 Å². The highest BCUT2D eigenvalue weighted by Crippen LogP contribution is 2.22. The molecule has 33 heavy (non-hydrogen) atoms. The number of thiophene rings is 1. The van der Waals surface area contributed by atoms with Crippen molar-refractivity contribution in [3.05, 3.63) is 92.3 Å². The zero-order valence-corrected chi connectivity index (χ0v) is 18.8. The molecule has 0 radical (unpaired) electrons. The lowest BCUT2D eigenvalue weighted by Gasteiger charge is -2.11. The number of aromatic nitrogens is 4. The number of ether oxygens (including phenoxy) is 1. The van der Waals surface area contributed by atoms with E-state index in [0.29, 0.717) is 34.1 Å². The van der Waals surface area contributed by atoms with Gasteiger partial charge in [-0.25, -0.2) is 9.36 Å². The predicted molar refractivity (Wildman–Crippen MR) is 126 cm³/mol. The summed E-state index contributed by atoms with van der Waals surface area (Å²) in [5.41, 5.74) is 1.95. The molecule has 0 bridgehead atoms. The van der Waals surface area contributed by atoms with Gasteiger partial charge in [-0.3, -0.25) is 9.36 Å². The van der Waals surface area contributed by atoms with Crippen LogP contribution in [0.1, 0.15) is 18.4 Å². The minimum Gasteiger partial charge on any atom is -0.494 e. The van der Waals surface area contributed by atoms with Gasteiger partial charge >= 0.3 is 5.69 Å². The smallest absolute Gasteiger partial charge is 0.336 e. The minimum atomic E-state index is -0.463. The van der Waals surface area contributed by atoms with Gasteiger partial charge in [0.05, 0.1) is 17.8 Å². The van der Waals surface area contributed by atoms with Gasteiger partial charge in [-0.15, -0.1) is 11.3 Å². The van der Waals surface area contributed by atoms with Crippen molar-refractivity contribution in [2.45, 2.75) is 20.4 Å². The molecule has 0 unspecified atom stereocenters. The standard InChI is InChI=1S/C24H20N4O4S/c1-3-31-18-9-5-7-16(13-18)22-25-20(32-26-22)14-27-19-10-11-33-21(19)23(29)28(24(27)30)17-8-4-6-15(2)12-17/h4-13H,3,14H2,1-2H3. The van der Waals surface area contributed by atoms with Crippen molar-refractivity contribution >= 4 is 21.6 Å². The predicted octanol–water partition coefficient (Wildman–Crippen LogP) is 4.02. The number of fused-ring (bicyclic) bond motifs is 1. The van der Waals surface area contributed by atoms with Crippen LogP contribution in [0.2, 0.25) is 0 Å². The van der Waals surface area contributed by atoms with Crippen LogP contribution in [0, 0.1) is 6.92 Å². The van der Waals surface area contributed by atoms with Crippen molar-refractivity contribution < 1.29 is 9.26 Å². The van der Waals surface area contributed by atoms with Crippen molar-refractivity contribution in [2.24, 2.45) is 0 Å². The quantitative estimate of drug-likeness (QED) is 0.380. The molecule has 9 heteroatoms. The van der Waals surface area contributed by atoms with Gasteiger partial charge in [0, 0.05) is 5.56 Å². The molecule has 8 nitrogen and oxygen atoms in total. The van der Waals surface area contributed by atoms with Crippen LogP contribution in [0.4, 0.5) is 0 Å². The van der Waals surface area contributed by atoms with Crippen molar-refractivity contribution in [2.75, 3.05) is 6.61 Å². The maximum Gasteiger partial charge on any atom is 0.336 e. The molecule has 166 valence electrons. The Hall–Kier alpha value is -3.98. The average Bonchev–Trinajstić information content (AvgIpc) is 3.47. The Bertz CT molecular complexity index is 1580. The molecule has 0 saturated heterocycles. The molecule has 3 aromatic heterocycles. The van der Waals surface area contributed by atoms with E-state index in [0.717, 1.165) is 11.1 Å². The first kappa shape index (κ1) is 20.9. The van der Waals surface area contributed by atoms with Gasteiger partial charge in [0.2, 0.25) is 11.7 Å². The van der Waals surface area contributed by atoms with Gasteiger partial charge in [-0.05, 0) is 55.1 Å². The van der Waals surface area contributed by atoms with Crippen LogP contribution in [0.5, 0.6) is 5.75 Å². The number of hydrogen-bond donors (Lipinski definition) is 0. The van der Waals surface area contributed by atoms with Crippen LogP contribution < -0.4 is 16.0 Å². The highest BCUT2D eigenvalue weighted by atomic mass is 32.1. The molecule has 0 aliphatic carbocycles. The van der Waals surface area contributed by atoms with Crippen molar-refractivity contribution in [3.8, 4) is 22.8 Å². The zero-order valence-electron chi connectivity index (χ0n) is 18.0. The Kier molecular flexibility index (Phi) is 5.39. The summed E-state index contributed by atoms with van der Waals surface area (Å²) in [6.07, 6.45) is 0. The molecule has 5 rings (SSSR count). The first-order valence-corrected chi connectivity index (χ1v) is 11.3. The summed E-state index contributed by atoms with van der Waals surface area (Å²) in [6.45, 7) is 4.42. The number of hydrogen-bond acceptors (Lipinski definition) is 7. The van der Waals surface area contributed by atoms with Crippen molar-refractivity contribution in [3.63, 3.8) is 0 Å². The molecule has 0 spiro atoms. The zero-order chi connectivity index (χ0) is 22.9. The first-order valence-electron chi connectivity index (χ1n) is 10.4. The normalized spacial score (nSPS) is 11.2. The van der Waals surface area contributed by atoms with Gasteiger partial charge in [-0.2, -0.15) is 4.98 Å². The van der Waals surface area contributed by atoms with Crippen molar-refractivity contribution in [1.29, 1.82) is 0 Å². The van der Waals surface area contributed by atoms with Crippen LogP contribution in [0.15, 0.2) is 74.1 Å². The van der Waals surface area contributed by atoms with Crippen LogP contribution in [0.25, 0.3) is 27.3 Å². The summed E-state index contributed by atoms with van der Waals surface area (Å²) in [5, 5.41) is 5.86. The molecule has 5 aromatic rings. The Morgan fingerprint density at radius 2 is 1.94 bits per heavy atom. The van der Waals surface area contributed by atoms with Crippen LogP contribution in [0.3, 0.4) is 0 Å². The second kappa shape index (κ2) is 8.51. The van der Waals surface area contributed by atoms with Gasteiger partial charge in [0.1, 0.15) is 17.0 Å². The fourth-order valence-corrected chi connectivity index (χ4v) is 4.52. The molecule has 0 saturated carbocycles. The summed E-state index contributed by atoms with van der Waals surface area (Å²) in [4.78, 5) is 31.0. The molecule has 0 aliphatic rings. The largest absolute Gasteiger partial charge is 0.494 e. The van der Waals surface area contributed by atoms with Gasteiger partial charge in [0.25, 0.3) is 5.56 Å². The molecule has 0 fully saturated rings. The molecule has 0 amide bonds. The monoisotopic (exact) mass is 460 g/mol. The van der Waals surface area contributed by atoms with Crippen molar-refractivity contribution in [1.82, 2.24) is 19.3 Å². The third kappa shape index (κ3) is 3.87. The lowest BCUT2D eigenvalue weighted by Crippen LogP contribution is -2.38. The lowest BCUT2D eigenvalue weighted by atomic mass is 10.2.